The molecule has 0 saturated carbocycles. The molecule has 0 radical (unpaired) electrons. The molecule has 1 aromatic carbocycles. The van der Waals surface area contributed by atoms with E-state index in [4.69, 9.17) is 21.1 Å². The van der Waals surface area contributed by atoms with E-state index in [1.165, 1.54) is 18.2 Å². The summed E-state index contributed by atoms with van der Waals surface area (Å²) in [6, 6.07) is 4.49. The van der Waals surface area contributed by atoms with Crippen molar-refractivity contribution in [3.05, 3.63) is 40.7 Å². The first-order valence-corrected chi connectivity index (χ1v) is 7.57. The zero-order valence-electron chi connectivity index (χ0n) is 13.4. The molecule has 0 heterocycles. The van der Waals surface area contributed by atoms with Gasteiger partial charge in [0.05, 0.1) is 11.6 Å². The average molecular weight is 343 g/mol. The predicted molar refractivity (Wildman–Crippen MR) is 86.5 cm³/mol. The highest BCUT2D eigenvalue weighted by atomic mass is 35.5. The van der Waals surface area contributed by atoms with E-state index in [1.807, 2.05) is 0 Å². The van der Waals surface area contributed by atoms with E-state index in [9.17, 15) is 14.0 Å². The Bertz CT molecular complexity index is 591. The van der Waals surface area contributed by atoms with Crippen molar-refractivity contribution in [2.75, 3.05) is 6.61 Å². The summed E-state index contributed by atoms with van der Waals surface area (Å²) in [5, 5.41) is -0.0159. The van der Waals surface area contributed by atoms with Crippen molar-refractivity contribution in [2.45, 2.75) is 39.2 Å². The number of carbonyl (C=O) groups is 2. The summed E-state index contributed by atoms with van der Waals surface area (Å²) in [6.07, 6.45) is 2.93. The molecule has 0 aromatic heterocycles. The smallest absolute Gasteiger partial charge is 0.330 e. The minimum Gasteiger partial charge on any atom is -0.463 e. The number of ether oxygens (including phenoxy) is 2. The number of rotatable bonds is 6. The second-order valence-corrected chi connectivity index (χ2v) is 6.24. The van der Waals surface area contributed by atoms with Crippen LogP contribution in [0.1, 0.15) is 39.2 Å². The van der Waals surface area contributed by atoms with Crippen molar-refractivity contribution in [1.82, 2.24) is 0 Å². The van der Waals surface area contributed by atoms with Gasteiger partial charge in [0, 0.05) is 18.1 Å². The van der Waals surface area contributed by atoms with Crippen molar-refractivity contribution < 1.29 is 23.5 Å². The molecule has 0 fully saturated rings. The van der Waals surface area contributed by atoms with Crippen molar-refractivity contribution in [3.8, 4) is 0 Å². The largest absolute Gasteiger partial charge is 0.463 e. The number of benzene rings is 1. The van der Waals surface area contributed by atoms with Crippen LogP contribution in [0.15, 0.2) is 24.3 Å². The molecule has 6 heteroatoms. The summed E-state index contributed by atoms with van der Waals surface area (Å²) in [5.74, 6) is -1.55. The van der Waals surface area contributed by atoms with Crippen LogP contribution in [0, 0.1) is 5.82 Å². The van der Waals surface area contributed by atoms with E-state index < -0.39 is 17.4 Å². The fourth-order valence-corrected chi connectivity index (χ4v) is 1.82. The first-order chi connectivity index (χ1) is 10.7. The Morgan fingerprint density at radius 1 is 1.30 bits per heavy atom. The number of carbonyl (C=O) groups excluding carboxylic acids is 2. The SMILES string of the molecule is CC(C)(C)OC(=O)CCCOC(=O)/C=C/c1cccc(Cl)c1F. The molecule has 126 valence electrons. The van der Waals surface area contributed by atoms with Crippen LogP contribution in [-0.4, -0.2) is 24.1 Å². The third-order valence-electron chi connectivity index (χ3n) is 2.57. The van der Waals surface area contributed by atoms with Crippen LogP contribution >= 0.6 is 11.6 Å². The molecule has 0 unspecified atom stereocenters. The first kappa shape index (κ1) is 19.2. The molecule has 0 N–H and O–H groups in total. The minimum atomic E-state index is -0.617. The summed E-state index contributed by atoms with van der Waals surface area (Å²) in [4.78, 5) is 23.0. The van der Waals surface area contributed by atoms with Crippen molar-refractivity contribution in [2.24, 2.45) is 0 Å². The third-order valence-corrected chi connectivity index (χ3v) is 2.86. The van der Waals surface area contributed by atoms with Crippen LogP contribution in [0.5, 0.6) is 0 Å². The molecule has 0 amide bonds. The molecule has 0 aliphatic heterocycles. The topological polar surface area (TPSA) is 52.6 Å². The lowest BCUT2D eigenvalue weighted by molar-refractivity contribution is -0.155. The van der Waals surface area contributed by atoms with Gasteiger partial charge in [-0.05, 0) is 39.3 Å². The molecule has 0 aliphatic carbocycles. The van der Waals surface area contributed by atoms with Gasteiger partial charge >= 0.3 is 11.9 Å². The molecule has 23 heavy (non-hydrogen) atoms. The minimum absolute atomic E-state index is 0.0159. The lowest BCUT2D eigenvalue weighted by Gasteiger charge is -2.19. The Morgan fingerprint density at radius 3 is 2.65 bits per heavy atom. The van der Waals surface area contributed by atoms with Crippen LogP contribution in [0.25, 0.3) is 6.08 Å². The standard InChI is InChI=1S/C17H20ClFO4/c1-17(2,3)23-15(21)8-5-11-22-14(20)10-9-12-6-4-7-13(18)16(12)19/h4,6-7,9-10H,5,8,11H2,1-3H3/b10-9+. The molecule has 1 rings (SSSR count). The highest BCUT2D eigenvalue weighted by molar-refractivity contribution is 6.30. The van der Waals surface area contributed by atoms with Crippen molar-refractivity contribution >= 4 is 29.6 Å². The molecule has 0 bridgehead atoms. The second kappa shape index (κ2) is 8.67. The molecular weight excluding hydrogens is 323 g/mol. The van der Waals surface area contributed by atoms with Crippen LogP contribution in [0.2, 0.25) is 5.02 Å². The monoisotopic (exact) mass is 342 g/mol. The second-order valence-electron chi connectivity index (χ2n) is 5.83. The zero-order valence-corrected chi connectivity index (χ0v) is 14.2. The van der Waals surface area contributed by atoms with Gasteiger partial charge in [0.2, 0.25) is 0 Å². The van der Waals surface area contributed by atoms with Gasteiger partial charge in [-0.15, -0.1) is 0 Å². The van der Waals surface area contributed by atoms with E-state index in [-0.39, 0.29) is 29.6 Å². The van der Waals surface area contributed by atoms with Crippen molar-refractivity contribution in [1.29, 1.82) is 0 Å². The van der Waals surface area contributed by atoms with E-state index >= 15 is 0 Å². The van der Waals surface area contributed by atoms with Crippen LogP contribution in [0.4, 0.5) is 4.39 Å². The quantitative estimate of drug-likeness (QED) is 0.442. The van der Waals surface area contributed by atoms with Gasteiger partial charge < -0.3 is 9.47 Å². The van der Waals surface area contributed by atoms with Crippen LogP contribution in [-0.2, 0) is 19.1 Å². The highest BCUT2D eigenvalue weighted by Gasteiger charge is 2.15. The van der Waals surface area contributed by atoms with Gasteiger partial charge in [0.1, 0.15) is 11.4 Å². The van der Waals surface area contributed by atoms with Gasteiger partial charge in [-0.2, -0.15) is 0 Å². The Labute approximate surface area is 140 Å². The molecular formula is C17H20ClFO4. The average Bonchev–Trinajstić information content (AvgIpc) is 2.43. The van der Waals surface area contributed by atoms with E-state index in [0.717, 1.165) is 6.08 Å². The van der Waals surface area contributed by atoms with Crippen molar-refractivity contribution in [3.63, 3.8) is 0 Å². The summed E-state index contributed by atoms with van der Waals surface area (Å²) in [6.45, 7) is 5.43. The molecule has 0 aliphatic rings. The van der Waals surface area contributed by atoms with Crippen LogP contribution < -0.4 is 0 Å². The summed E-state index contributed by atoms with van der Waals surface area (Å²) in [5.41, 5.74) is -0.333. The molecule has 0 atom stereocenters. The fraction of sp³-hybridized carbons (Fsp3) is 0.412. The van der Waals surface area contributed by atoms with Crippen LogP contribution in [0.3, 0.4) is 0 Å². The number of halogens is 2. The van der Waals surface area contributed by atoms with E-state index in [0.29, 0.717) is 6.42 Å². The summed E-state index contributed by atoms with van der Waals surface area (Å²) < 4.78 is 23.6. The fourth-order valence-electron chi connectivity index (χ4n) is 1.64. The molecule has 1 aromatic rings. The summed E-state index contributed by atoms with van der Waals surface area (Å²) in [7, 11) is 0. The Morgan fingerprint density at radius 2 is 2.00 bits per heavy atom. The summed E-state index contributed by atoms with van der Waals surface area (Å²) >= 11 is 5.64. The zero-order chi connectivity index (χ0) is 17.5. The number of hydrogen-bond donors (Lipinski definition) is 0. The van der Waals surface area contributed by atoms with Gasteiger partial charge in [-0.1, -0.05) is 23.7 Å². The maximum absolute atomic E-state index is 13.6. The number of esters is 2. The highest BCUT2D eigenvalue weighted by Crippen LogP contribution is 2.18. The third kappa shape index (κ3) is 7.79. The van der Waals surface area contributed by atoms with Gasteiger partial charge in [-0.3, -0.25) is 4.79 Å². The lowest BCUT2D eigenvalue weighted by Crippen LogP contribution is -2.23. The normalized spacial score (nSPS) is 11.5. The Kier molecular flexibility index (Phi) is 7.23. The van der Waals surface area contributed by atoms with Gasteiger partial charge in [0.15, 0.2) is 0 Å². The van der Waals surface area contributed by atoms with E-state index in [1.54, 1.807) is 26.8 Å². The molecule has 0 saturated heterocycles. The first-order valence-electron chi connectivity index (χ1n) is 7.20. The number of hydrogen-bond acceptors (Lipinski definition) is 4. The molecule has 0 spiro atoms. The van der Waals surface area contributed by atoms with Gasteiger partial charge in [-0.25, -0.2) is 9.18 Å². The Hall–Kier alpha value is -1.88. The Balaban J connectivity index is 2.34. The predicted octanol–water partition coefficient (Wildman–Crippen LogP) is 4.16. The molecule has 4 nitrogen and oxygen atoms in total. The van der Waals surface area contributed by atoms with E-state index in [2.05, 4.69) is 0 Å². The van der Waals surface area contributed by atoms with Gasteiger partial charge in [0.25, 0.3) is 0 Å². The maximum Gasteiger partial charge on any atom is 0.330 e. The maximum atomic E-state index is 13.6. The lowest BCUT2D eigenvalue weighted by atomic mass is 10.2.